The number of anilines is 1. The highest BCUT2D eigenvalue weighted by atomic mass is 16.7. The van der Waals surface area contributed by atoms with E-state index in [-0.39, 0.29) is 65.8 Å². The van der Waals surface area contributed by atoms with Crippen molar-refractivity contribution >= 4 is 23.2 Å². The van der Waals surface area contributed by atoms with E-state index in [1.165, 1.54) is 12.1 Å². The number of amides is 1. The molecule has 2 bridgehead atoms. The molecule has 0 radical (unpaired) electrons. The summed E-state index contributed by atoms with van der Waals surface area (Å²) in [5, 5.41) is 53.3. The van der Waals surface area contributed by atoms with Gasteiger partial charge in [0.2, 0.25) is 12.2 Å². The molecule has 15 heteroatoms. The second kappa shape index (κ2) is 12.2. The number of fused-ring (bicyclic) bond motifs is 6. The van der Waals surface area contributed by atoms with E-state index in [1.54, 1.807) is 18.2 Å². The first-order chi connectivity index (χ1) is 23.6. The Morgan fingerprint density at radius 1 is 0.878 bits per heavy atom. The number of carbonyl (C=O) groups is 3. The lowest BCUT2D eigenvalue weighted by molar-refractivity contribution is -0.279. The van der Waals surface area contributed by atoms with Crippen LogP contribution in [0.2, 0.25) is 0 Å². The fourth-order valence-corrected chi connectivity index (χ4v) is 7.52. The molecule has 5 aliphatic rings. The quantitative estimate of drug-likeness (QED) is 0.127. The molecule has 256 valence electrons. The molecule has 9 atom stereocenters. The molecular weight excluding hydrogens is 638 g/mol. The van der Waals surface area contributed by atoms with Crippen LogP contribution >= 0.6 is 0 Å². The van der Waals surface area contributed by atoms with E-state index in [9.17, 15) is 34.8 Å². The number of aliphatic hydroxyl groups excluding tert-OH is 3. The van der Waals surface area contributed by atoms with E-state index >= 15 is 0 Å². The highest BCUT2D eigenvalue weighted by Gasteiger charge is 2.48. The van der Waals surface area contributed by atoms with Crippen molar-refractivity contribution in [3.8, 4) is 11.5 Å². The molecule has 3 fully saturated rings. The topological polar surface area (TPSA) is 225 Å². The molecule has 15 nitrogen and oxygen atoms in total. The van der Waals surface area contributed by atoms with Gasteiger partial charge in [0.1, 0.15) is 42.9 Å². The number of rotatable bonds is 2. The smallest absolute Gasteiger partial charge is 0.242 e. The fraction of sp³-hybridized carbons (Fsp3) is 0.382. The Morgan fingerprint density at radius 3 is 2.41 bits per heavy atom. The number of nitrogens with one attached hydrogen (secondary N) is 3. The van der Waals surface area contributed by atoms with Gasteiger partial charge < -0.3 is 44.9 Å². The molecule has 4 aliphatic heterocycles. The third kappa shape index (κ3) is 5.09. The molecule has 9 unspecified atom stereocenters. The summed E-state index contributed by atoms with van der Waals surface area (Å²) >= 11 is 0. The van der Waals surface area contributed by atoms with Gasteiger partial charge in [-0.1, -0.05) is 42.5 Å². The van der Waals surface area contributed by atoms with Crippen molar-refractivity contribution in [2.75, 3.05) is 24.8 Å². The number of nitrogens with two attached hydrogens (primary N) is 1. The Kier molecular flexibility index (Phi) is 7.89. The lowest BCUT2D eigenvalue weighted by atomic mass is 9.79. The largest absolute Gasteiger partial charge is 0.504 e. The maximum absolute atomic E-state index is 13.9. The number of hydrogen-bond acceptors (Lipinski definition) is 14. The summed E-state index contributed by atoms with van der Waals surface area (Å²) in [6, 6.07) is 14.7. The molecule has 49 heavy (non-hydrogen) atoms. The van der Waals surface area contributed by atoms with Crippen LogP contribution in [0, 0.1) is 0 Å². The standard InChI is InChI=1S/C34H35N5O10/c35-34-37-31-23(32(46)38-34)36-13-39(31)20-8-4-3-5-15(20)14-9-10-47-12-21-26(42)28(44)29(45)33(48-21)49-30-18(14)11-19-22(27(30)43)25(41)17-7-2-1-6-16(17)24(19)40/h1-8,11,14,21,23,26,28-29,31,33-34,36-37,42-45H,9-10,12-13,35H2,(H,38,46). The van der Waals surface area contributed by atoms with Gasteiger partial charge in [0.25, 0.3) is 0 Å². The van der Waals surface area contributed by atoms with Gasteiger partial charge in [-0.05, 0) is 24.1 Å². The summed E-state index contributed by atoms with van der Waals surface area (Å²) in [5.74, 6) is -2.84. The first-order valence-corrected chi connectivity index (χ1v) is 16.1. The number of ether oxygens (including phenoxy) is 3. The number of hydrogen-bond donors (Lipinski definition) is 8. The van der Waals surface area contributed by atoms with Crippen molar-refractivity contribution in [2.45, 2.75) is 61.5 Å². The van der Waals surface area contributed by atoms with Crippen molar-refractivity contribution in [3.63, 3.8) is 0 Å². The van der Waals surface area contributed by atoms with Crippen LogP contribution < -0.4 is 31.3 Å². The Balaban J connectivity index is 1.31. The molecule has 9 N–H and O–H groups in total. The van der Waals surface area contributed by atoms with Gasteiger partial charge in [0.15, 0.2) is 23.1 Å². The molecular formula is C34H35N5O10. The second-order valence-electron chi connectivity index (χ2n) is 12.8. The molecule has 1 amide bonds. The number of aromatic hydroxyl groups is 1. The zero-order valence-corrected chi connectivity index (χ0v) is 26.0. The van der Waals surface area contributed by atoms with Crippen LogP contribution in [-0.2, 0) is 14.3 Å². The van der Waals surface area contributed by atoms with Crippen LogP contribution in [0.3, 0.4) is 0 Å². The number of carbonyl (C=O) groups excluding carboxylic acids is 3. The molecule has 3 aromatic rings. The molecule has 0 saturated carbocycles. The van der Waals surface area contributed by atoms with Crippen LogP contribution in [0.4, 0.5) is 5.69 Å². The predicted octanol–water partition coefficient (Wildman–Crippen LogP) is -1.07. The third-order valence-electron chi connectivity index (χ3n) is 9.97. The minimum Gasteiger partial charge on any atom is -0.504 e. The molecule has 1 aliphatic carbocycles. The Morgan fingerprint density at radius 2 is 1.61 bits per heavy atom. The average molecular weight is 674 g/mol. The Hall–Kier alpha value is -4.45. The molecule has 0 aromatic heterocycles. The van der Waals surface area contributed by atoms with Gasteiger partial charge in [-0.3, -0.25) is 30.8 Å². The van der Waals surface area contributed by atoms with E-state index in [0.717, 1.165) is 0 Å². The SMILES string of the molecule is NC1NC(=O)C2NCN(c3ccccc3C3CCOCC4OC(Oc5c3cc3c(c5O)C(=O)c5ccccc5C3=O)C(O)C(O)C4O)C2N1. The summed E-state index contributed by atoms with van der Waals surface area (Å²) in [6.45, 7) is 0.226. The number of benzene rings is 3. The van der Waals surface area contributed by atoms with Crippen LogP contribution in [0.5, 0.6) is 11.5 Å². The minimum atomic E-state index is -1.75. The molecule has 3 aromatic carbocycles. The van der Waals surface area contributed by atoms with E-state index in [1.807, 2.05) is 29.2 Å². The molecule has 3 saturated heterocycles. The van der Waals surface area contributed by atoms with Crippen LogP contribution in [0.25, 0.3) is 0 Å². The fourth-order valence-electron chi connectivity index (χ4n) is 7.52. The van der Waals surface area contributed by atoms with Crippen molar-refractivity contribution in [1.29, 1.82) is 0 Å². The Bertz CT molecular complexity index is 1860. The maximum atomic E-state index is 13.9. The van der Waals surface area contributed by atoms with Gasteiger partial charge in [-0.25, -0.2) is 0 Å². The van der Waals surface area contributed by atoms with Crippen molar-refractivity contribution in [3.05, 3.63) is 88.0 Å². The number of nitrogens with zero attached hydrogens (tertiary/aromatic N) is 1. The van der Waals surface area contributed by atoms with Gasteiger partial charge >= 0.3 is 0 Å². The van der Waals surface area contributed by atoms with E-state index < -0.39 is 72.4 Å². The van der Waals surface area contributed by atoms with E-state index in [4.69, 9.17) is 19.9 Å². The first kappa shape index (κ1) is 31.8. The predicted molar refractivity (Wildman–Crippen MR) is 170 cm³/mol. The Labute approximate surface area is 279 Å². The number of ketones is 2. The van der Waals surface area contributed by atoms with Gasteiger partial charge in [-0.15, -0.1) is 0 Å². The highest BCUT2D eigenvalue weighted by Crippen LogP contribution is 2.49. The highest BCUT2D eigenvalue weighted by molar-refractivity contribution is 6.29. The van der Waals surface area contributed by atoms with Crippen molar-refractivity contribution < 1.29 is 49.0 Å². The van der Waals surface area contributed by atoms with Crippen molar-refractivity contribution in [1.82, 2.24) is 16.0 Å². The van der Waals surface area contributed by atoms with E-state index in [2.05, 4.69) is 16.0 Å². The zero-order chi connectivity index (χ0) is 34.1. The lowest BCUT2D eigenvalue weighted by Gasteiger charge is -2.40. The van der Waals surface area contributed by atoms with Crippen LogP contribution in [0.15, 0.2) is 54.6 Å². The van der Waals surface area contributed by atoms with E-state index in [0.29, 0.717) is 11.3 Å². The van der Waals surface area contributed by atoms with Gasteiger partial charge in [0.05, 0.1) is 18.8 Å². The number of phenolic OH excluding ortho intramolecular Hbond substituents is 1. The molecule has 4 heterocycles. The second-order valence-corrected chi connectivity index (χ2v) is 12.8. The summed E-state index contributed by atoms with van der Waals surface area (Å²) < 4.78 is 18.0. The third-order valence-corrected chi connectivity index (χ3v) is 9.97. The minimum absolute atomic E-state index is 0.0280. The summed E-state index contributed by atoms with van der Waals surface area (Å²) in [4.78, 5) is 42.5. The number of aliphatic hydroxyl groups is 3. The molecule has 0 spiro atoms. The number of para-hydroxylation sites is 1. The van der Waals surface area contributed by atoms with Gasteiger partial charge in [-0.2, -0.15) is 0 Å². The summed E-state index contributed by atoms with van der Waals surface area (Å²) in [7, 11) is 0. The maximum Gasteiger partial charge on any atom is 0.242 e. The van der Waals surface area contributed by atoms with Gasteiger partial charge in [0, 0.05) is 40.5 Å². The average Bonchev–Trinajstić information content (AvgIpc) is 3.51. The molecule has 8 rings (SSSR count). The monoisotopic (exact) mass is 673 g/mol. The normalized spacial score (nSPS) is 32.5. The number of phenols is 1. The summed E-state index contributed by atoms with van der Waals surface area (Å²) in [6.07, 6.45) is -8.66. The first-order valence-electron chi connectivity index (χ1n) is 16.1. The van der Waals surface area contributed by atoms with Crippen molar-refractivity contribution in [2.24, 2.45) is 5.73 Å². The lowest BCUT2D eigenvalue weighted by Crippen LogP contribution is -2.70. The van der Waals surface area contributed by atoms with Crippen LogP contribution in [-0.4, -0.2) is 107 Å². The zero-order valence-electron chi connectivity index (χ0n) is 26.0. The summed E-state index contributed by atoms with van der Waals surface area (Å²) in [5.41, 5.74) is 7.79. The van der Waals surface area contributed by atoms with Crippen LogP contribution in [0.1, 0.15) is 55.3 Å².